The minimum atomic E-state index is -1.74. The third-order valence-electron chi connectivity index (χ3n) is 4.70. The lowest BCUT2D eigenvalue weighted by molar-refractivity contribution is 0.411. The molecule has 1 N–H and O–H groups in total. The number of nitrogens with one attached hydrogen (secondary N) is 1. The van der Waals surface area contributed by atoms with Crippen molar-refractivity contribution in [2.24, 2.45) is 0 Å². The molecule has 0 bridgehead atoms. The van der Waals surface area contributed by atoms with Crippen LogP contribution in [0.5, 0.6) is 0 Å². The van der Waals surface area contributed by atoms with Crippen LogP contribution in [0.2, 0.25) is 0 Å². The minimum Gasteiger partial charge on any atom is -0.369 e. The molecular weight excluding hydrogens is 362 g/mol. The largest absolute Gasteiger partial charge is 0.369 e. The Morgan fingerprint density at radius 2 is 2.25 bits per heavy atom. The molecule has 0 saturated carbocycles. The van der Waals surface area contributed by atoms with Crippen LogP contribution in [0.3, 0.4) is 0 Å². The summed E-state index contributed by atoms with van der Waals surface area (Å²) < 4.78 is 27.1. The van der Waals surface area contributed by atoms with Crippen LogP contribution in [-0.4, -0.2) is 26.3 Å². The molecule has 0 radical (unpaired) electrons. The van der Waals surface area contributed by atoms with Crippen molar-refractivity contribution in [3.8, 4) is 17.3 Å². The van der Waals surface area contributed by atoms with E-state index in [-0.39, 0.29) is 6.42 Å². The lowest BCUT2D eigenvalue weighted by atomic mass is 10.0. The van der Waals surface area contributed by atoms with Crippen molar-refractivity contribution in [1.82, 2.24) is 19.7 Å². The number of fused-ring (bicyclic) bond motifs is 1. The van der Waals surface area contributed by atoms with Gasteiger partial charge in [-0.15, -0.1) is 0 Å². The number of nitrogens with zero attached hydrogens (tertiary/aromatic N) is 5. The van der Waals surface area contributed by atoms with E-state index in [2.05, 4.69) is 26.5 Å². The number of allylic oxidation sites excluding steroid dienone is 1. The predicted molar refractivity (Wildman–Crippen MR) is 99.7 cm³/mol. The molecule has 1 aromatic carbocycles. The van der Waals surface area contributed by atoms with Crippen LogP contribution in [0.25, 0.3) is 11.3 Å². The first-order valence-corrected chi connectivity index (χ1v) is 8.79. The number of aromatic nitrogens is 4. The monoisotopic (exact) mass is 378 g/mol. The van der Waals surface area contributed by atoms with Gasteiger partial charge in [0.25, 0.3) is 6.08 Å². The summed E-state index contributed by atoms with van der Waals surface area (Å²) in [6.07, 6.45) is 4.98. The smallest absolute Gasteiger partial charge is 0.266 e. The van der Waals surface area contributed by atoms with Crippen molar-refractivity contribution >= 4 is 5.82 Å². The van der Waals surface area contributed by atoms with Crippen LogP contribution < -0.4 is 5.32 Å². The van der Waals surface area contributed by atoms with E-state index in [1.807, 2.05) is 6.07 Å². The quantitative estimate of drug-likeness (QED) is 0.727. The standard InChI is InChI=1S/C20H16F2N6/c21-18(22)5-4-17(14-3-1-2-13(8-14)9-23)28-11-15(10-27-28)19-16-6-7-24-20(16)26-12-25-19/h1-3,5,8,10-12,17H,4,6-7H2,(H,24,25,26). The van der Waals surface area contributed by atoms with Crippen molar-refractivity contribution in [2.75, 3.05) is 11.9 Å². The highest BCUT2D eigenvalue weighted by Gasteiger charge is 2.21. The summed E-state index contributed by atoms with van der Waals surface area (Å²) in [6.45, 7) is 0.805. The molecule has 3 aromatic rings. The van der Waals surface area contributed by atoms with Gasteiger partial charge >= 0.3 is 0 Å². The predicted octanol–water partition coefficient (Wildman–Crippen LogP) is 3.94. The van der Waals surface area contributed by atoms with Crippen LogP contribution >= 0.6 is 0 Å². The van der Waals surface area contributed by atoms with Gasteiger partial charge in [0.1, 0.15) is 12.1 Å². The third kappa shape index (κ3) is 3.47. The number of nitriles is 1. The summed E-state index contributed by atoms with van der Waals surface area (Å²) in [6, 6.07) is 8.54. The highest BCUT2D eigenvalue weighted by Crippen LogP contribution is 2.31. The molecule has 8 heteroatoms. The van der Waals surface area contributed by atoms with Crippen molar-refractivity contribution in [3.05, 3.63) is 71.8 Å². The molecule has 140 valence electrons. The molecule has 1 atom stereocenters. The molecule has 1 aliphatic heterocycles. The summed E-state index contributed by atoms with van der Waals surface area (Å²) in [4.78, 5) is 8.62. The first-order valence-electron chi connectivity index (χ1n) is 8.79. The molecule has 3 heterocycles. The molecule has 0 amide bonds. The van der Waals surface area contributed by atoms with Gasteiger partial charge in [-0.05, 0) is 36.6 Å². The lowest BCUT2D eigenvalue weighted by Crippen LogP contribution is -2.11. The van der Waals surface area contributed by atoms with Gasteiger partial charge in [-0.1, -0.05) is 12.1 Å². The third-order valence-corrected chi connectivity index (χ3v) is 4.70. The summed E-state index contributed by atoms with van der Waals surface area (Å²) >= 11 is 0. The Bertz CT molecular complexity index is 1080. The number of anilines is 1. The Balaban J connectivity index is 1.73. The second-order valence-electron chi connectivity index (χ2n) is 6.42. The van der Waals surface area contributed by atoms with E-state index < -0.39 is 12.1 Å². The van der Waals surface area contributed by atoms with Gasteiger partial charge in [0, 0.05) is 23.9 Å². The molecule has 2 aromatic heterocycles. The molecule has 0 aliphatic carbocycles. The Morgan fingerprint density at radius 3 is 3.07 bits per heavy atom. The minimum absolute atomic E-state index is 0.0573. The summed E-state index contributed by atoms with van der Waals surface area (Å²) in [5.41, 5.74) is 3.83. The van der Waals surface area contributed by atoms with Gasteiger partial charge in [0.2, 0.25) is 0 Å². The Morgan fingerprint density at radius 1 is 1.36 bits per heavy atom. The van der Waals surface area contributed by atoms with E-state index >= 15 is 0 Å². The fourth-order valence-corrected chi connectivity index (χ4v) is 3.40. The summed E-state index contributed by atoms with van der Waals surface area (Å²) in [7, 11) is 0. The molecule has 6 nitrogen and oxygen atoms in total. The summed E-state index contributed by atoms with van der Waals surface area (Å²) in [5.74, 6) is 0.818. The van der Waals surface area contributed by atoms with Gasteiger partial charge in [-0.3, -0.25) is 4.68 Å². The molecule has 1 unspecified atom stereocenters. The van der Waals surface area contributed by atoms with Crippen LogP contribution in [0.15, 0.2) is 55.1 Å². The highest BCUT2D eigenvalue weighted by molar-refractivity contribution is 5.69. The Kier molecular flexibility index (Phi) is 4.81. The molecule has 1 aliphatic rings. The SMILES string of the molecule is N#Cc1cccc(C(CC=C(F)F)n2cc(-c3ncnc4c3CCN4)cn2)c1. The van der Waals surface area contributed by atoms with Crippen LogP contribution in [0, 0.1) is 11.3 Å². The zero-order chi connectivity index (χ0) is 19.5. The van der Waals surface area contributed by atoms with Crippen molar-refractivity contribution in [3.63, 3.8) is 0 Å². The first kappa shape index (κ1) is 17.8. The fourth-order valence-electron chi connectivity index (χ4n) is 3.40. The number of hydrogen-bond donors (Lipinski definition) is 1. The maximum atomic E-state index is 12.7. The normalized spacial score (nSPS) is 13.3. The van der Waals surface area contributed by atoms with E-state index in [9.17, 15) is 8.78 Å². The zero-order valence-electron chi connectivity index (χ0n) is 14.8. The molecule has 0 saturated heterocycles. The number of rotatable bonds is 5. The van der Waals surface area contributed by atoms with Crippen molar-refractivity contribution < 1.29 is 8.78 Å². The lowest BCUT2D eigenvalue weighted by Gasteiger charge is -2.16. The molecule has 28 heavy (non-hydrogen) atoms. The molecular formula is C20H16F2N6. The van der Waals surface area contributed by atoms with Crippen molar-refractivity contribution in [1.29, 1.82) is 5.26 Å². The van der Waals surface area contributed by atoms with Gasteiger partial charge in [-0.25, -0.2) is 9.97 Å². The van der Waals surface area contributed by atoms with E-state index in [1.165, 1.54) is 6.33 Å². The van der Waals surface area contributed by atoms with Crippen LogP contribution in [-0.2, 0) is 6.42 Å². The second kappa shape index (κ2) is 7.56. The summed E-state index contributed by atoms with van der Waals surface area (Å²) in [5, 5.41) is 16.8. The number of halogens is 2. The Hall–Kier alpha value is -3.60. The van der Waals surface area contributed by atoms with Gasteiger partial charge in [-0.2, -0.15) is 19.1 Å². The fraction of sp³-hybridized carbons (Fsp3) is 0.200. The van der Waals surface area contributed by atoms with E-state index in [4.69, 9.17) is 5.26 Å². The number of benzene rings is 1. The molecule has 4 rings (SSSR count). The number of hydrogen-bond acceptors (Lipinski definition) is 5. The van der Waals surface area contributed by atoms with Crippen molar-refractivity contribution in [2.45, 2.75) is 18.9 Å². The molecule has 0 fully saturated rings. The van der Waals surface area contributed by atoms with Gasteiger partial charge in [0.15, 0.2) is 0 Å². The zero-order valence-corrected chi connectivity index (χ0v) is 14.8. The molecule has 0 spiro atoms. The van der Waals surface area contributed by atoms with E-state index in [0.29, 0.717) is 5.56 Å². The average molecular weight is 378 g/mol. The van der Waals surface area contributed by atoms with E-state index in [1.54, 1.807) is 35.3 Å². The van der Waals surface area contributed by atoms with Gasteiger partial charge in [0.05, 0.1) is 29.6 Å². The van der Waals surface area contributed by atoms with Gasteiger partial charge < -0.3 is 5.32 Å². The average Bonchev–Trinajstić information content (AvgIpc) is 3.37. The van der Waals surface area contributed by atoms with Crippen LogP contribution in [0.4, 0.5) is 14.6 Å². The maximum absolute atomic E-state index is 12.7. The second-order valence-corrected chi connectivity index (χ2v) is 6.42. The Labute approximate surface area is 160 Å². The highest BCUT2D eigenvalue weighted by atomic mass is 19.3. The maximum Gasteiger partial charge on any atom is 0.266 e. The van der Waals surface area contributed by atoms with Crippen LogP contribution in [0.1, 0.15) is 29.2 Å². The van der Waals surface area contributed by atoms with E-state index in [0.717, 1.165) is 47.2 Å². The topological polar surface area (TPSA) is 79.4 Å². The first-order chi connectivity index (χ1) is 13.7.